The fraction of sp³-hybridized carbons (Fsp3) is 0.519. The van der Waals surface area contributed by atoms with Crippen molar-refractivity contribution in [3.63, 3.8) is 0 Å². The number of carbonyl (C=O) groups excluding carboxylic acids is 5. The Morgan fingerprint density at radius 3 is 2.25 bits per heavy atom. The van der Waals surface area contributed by atoms with E-state index >= 15 is 0 Å². The van der Waals surface area contributed by atoms with Crippen LogP contribution in [0.4, 0.5) is 0 Å². The van der Waals surface area contributed by atoms with Gasteiger partial charge in [-0.1, -0.05) is 64.6 Å². The minimum Gasteiger partial charge on any atom is -0.467 e. The second kappa shape index (κ2) is 28.8. The summed E-state index contributed by atoms with van der Waals surface area (Å²) in [6.07, 6.45) is 10.1. The van der Waals surface area contributed by atoms with Crippen LogP contribution in [0, 0.1) is 17.3 Å². The predicted octanol–water partition coefficient (Wildman–Crippen LogP) is 7.38. The Balaban J connectivity index is 0.000000531. The number of allylic oxidation sites excluding steroid dienone is 1. The summed E-state index contributed by atoms with van der Waals surface area (Å²) >= 11 is 0. The van der Waals surface area contributed by atoms with Crippen molar-refractivity contribution in [2.75, 3.05) is 68.1 Å². The number of likely N-dealkylation sites (tertiary alicyclic amines) is 1. The highest BCUT2D eigenvalue weighted by molar-refractivity contribution is 5.95. The molecule has 0 aliphatic carbocycles. The molecule has 372 valence electrons. The van der Waals surface area contributed by atoms with E-state index in [0.717, 1.165) is 95.3 Å². The number of pyridine rings is 1. The van der Waals surface area contributed by atoms with Crippen LogP contribution in [0.1, 0.15) is 83.7 Å². The molecular formula is C54H79N7O7. The maximum Gasteiger partial charge on any atom is 0.293 e. The molecule has 14 nitrogen and oxygen atoms in total. The summed E-state index contributed by atoms with van der Waals surface area (Å²) in [6, 6.07) is 17.8. The number of aldehydes is 3. The first-order valence-corrected chi connectivity index (χ1v) is 23.8. The lowest BCUT2D eigenvalue weighted by molar-refractivity contribution is -0.131. The Morgan fingerprint density at radius 2 is 1.74 bits per heavy atom. The minimum absolute atomic E-state index is 0.102. The molecule has 2 N–H and O–H groups in total. The standard InChI is InChI=1S/C40H52N4O5.C6H11NO.C5H12N2.C3H4O/c1-10-44-35-17-16-30(29-14-11-13-28(19-29)20-31(23-45)42-39(47)37(26(2)3)43(7)8)21-33(35)34(22-40(5,6)24-49-25-46)38(44)32-15-12-18-41-36(32)27(4)48-9;1-7-3-2-6(4-7)5-8;1-7-5-3-2-4-6-7;1-2-3-4/h11-19,21,23,25-27,31,37H,10,20,22,24H2,1-9H3,(H,42,47);5-6H,2-4H2,1H3;6H,2-5H2,1H3;2-3H,1H2. The second-order valence-electron chi connectivity index (χ2n) is 19.0. The molecule has 14 heteroatoms. The van der Waals surface area contributed by atoms with Gasteiger partial charge >= 0.3 is 0 Å². The first-order chi connectivity index (χ1) is 32.5. The monoisotopic (exact) mass is 938 g/mol. The Hall–Kier alpha value is -5.38. The second-order valence-corrected chi connectivity index (χ2v) is 19.0. The van der Waals surface area contributed by atoms with Gasteiger partial charge in [-0.2, -0.15) is 0 Å². The van der Waals surface area contributed by atoms with Crippen molar-refractivity contribution in [3.8, 4) is 22.4 Å². The van der Waals surface area contributed by atoms with Gasteiger partial charge in [-0.3, -0.25) is 29.7 Å². The molecule has 0 bridgehead atoms. The molecule has 68 heavy (non-hydrogen) atoms. The summed E-state index contributed by atoms with van der Waals surface area (Å²) in [4.78, 5) is 64.3. The van der Waals surface area contributed by atoms with Crippen LogP contribution in [0.15, 0.2) is 73.4 Å². The summed E-state index contributed by atoms with van der Waals surface area (Å²) < 4.78 is 13.3. The Kier molecular flexibility index (Phi) is 24.1. The van der Waals surface area contributed by atoms with Crippen LogP contribution >= 0.6 is 0 Å². The third-order valence-electron chi connectivity index (χ3n) is 12.2. The largest absolute Gasteiger partial charge is 0.467 e. The molecule has 4 heterocycles. The van der Waals surface area contributed by atoms with Crippen molar-refractivity contribution in [2.45, 2.75) is 98.4 Å². The zero-order valence-corrected chi connectivity index (χ0v) is 42.6. The average molecular weight is 938 g/mol. The molecule has 0 saturated carbocycles. The summed E-state index contributed by atoms with van der Waals surface area (Å²) in [7, 11) is 9.57. The third-order valence-corrected chi connectivity index (χ3v) is 12.2. The number of rotatable bonds is 19. The van der Waals surface area contributed by atoms with E-state index in [1.165, 1.54) is 25.5 Å². The van der Waals surface area contributed by atoms with E-state index < -0.39 is 6.04 Å². The highest BCUT2D eigenvalue weighted by Crippen LogP contribution is 2.41. The first-order valence-electron chi connectivity index (χ1n) is 23.8. The molecule has 2 aromatic heterocycles. The van der Waals surface area contributed by atoms with Crippen LogP contribution in [-0.2, 0) is 52.8 Å². The van der Waals surface area contributed by atoms with Crippen molar-refractivity contribution in [1.29, 1.82) is 0 Å². The molecule has 0 radical (unpaired) electrons. The normalized spacial score (nSPS) is 16.5. The minimum atomic E-state index is -0.641. The molecule has 2 aromatic carbocycles. The molecule has 0 spiro atoms. The number of aryl methyl sites for hydroxylation is 1. The van der Waals surface area contributed by atoms with Gasteiger partial charge in [-0.05, 0) is 132 Å². The van der Waals surface area contributed by atoms with E-state index in [4.69, 9.17) is 19.3 Å². The number of fused-ring (bicyclic) bond motifs is 1. The predicted molar refractivity (Wildman–Crippen MR) is 273 cm³/mol. The number of hydrogen-bond donors (Lipinski definition) is 2. The number of hydrazine groups is 1. The maximum absolute atomic E-state index is 13.1. The number of nitrogens with one attached hydrogen (secondary N) is 2. The first kappa shape index (κ1) is 56.9. The van der Waals surface area contributed by atoms with Crippen LogP contribution in [0.2, 0.25) is 0 Å². The van der Waals surface area contributed by atoms with Crippen LogP contribution in [0.3, 0.4) is 0 Å². The van der Waals surface area contributed by atoms with Crippen LogP contribution in [-0.4, -0.2) is 136 Å². The molecule has 4 atom stereocenters. The van der Waals surface area contributed by atoms with E-state index in [2.05, 4.69) is 96.0 Å². The lowest BCUT2D eigenvalue weighted by Crippen LogP contribution is -2.50. The number of ether oxygens (including phenoxy) is 2. The zero-order valence-electron chi connectivity index (χ0n) is 42.6. The van der Waals surface area contributed by atoms with Gasteiger partial charge in [0.05, 0.1) is 36.2 Å². The summed E-state index contributed by atoms with van der Waals surface area (Å²) in [6.45, 7) is 21.4. The van der Waals surface area contributed by atoms with Crippen LogP contribution in [0.25, 0.3) is 33.3 Å². The molecule has 6 rings (SSSR count). The Bertz CT molecular complexity index is 2200. The third kappa shape index (κ3) is 17.0. The fourth-order valence-electron chi connectivity index (χ4n) is 8.83. The van der Waals surface area contributed by atoms with Gasteiger partial charge in [0.1, 0.15) is 18.9 Å². The van der Waals surface area contributed by atoms with Crippen LogP contribution < -0.4 is 10.7 Å². The number of nitrogens with zero attached hydrogens (tertiary/aromatic N) is 5. The van der Waals surface area contributed by atoms with Crippen molar-refractivity contribution in [1.82, 2.24) is 35.1 Å². The molecule has 2 saturated heterocycles. The highest BCUT2D eigenvalue weighted by atomic mass is 16.5. The number of methoxy groups -OCH3 is 1. The van der Waals surface area contributed by atoms with E-state index in [-0.39, 0.29) is 36.0 Å². The number of benzene rings is 2. The molecule has 4 unspecified atom stereocenters. The van der Waals surface area contributed by atoms with Gasteiger partial charge in [0.25, 0.3) is 6.47 Å². The van der Waals surface area contributed by atoms with Gasteiger partial charge < -0.3 is 33.8 Å². The van der Waals surface area contributed by atoms with Crippen molar-refractivity contribution in [2.24, 2.45) is 17.3 Å². The Morgan fingerprint density at radius 1 is 1.01 bits per heavy atom. The van der Waals surface area contributed by atoms with Gasteiger partial charge in [-0.15, -0.1) is 0 Å². The van der Waals surface area contributed by atoms with Gasteiger partial charge in [-0.25, -0.2) is 5.01 Å². The SMILES string of the molecule is C=CC=O.CCn1c(-c2cccnc2C(C)OC)c(CC(C)(C)COC=O)c2cc(-c3cccc(CC(C=O)NC(=O)C(C(C)C)N(C)C)c3)ccc21.CN1CCC(C=O)C1.CN1CCCCN1. The van der Waals surface area contributed by atoms with E-state index in [1.807, 2.05) is 65.0 Å². The van der Waals surface area contributed by atoms with Gasteiger partial charge in [0.2, 0.25) is 5.91 Å². The average Bonchev–Trinajstić information content (AvgIpc) is 3.90. The van der Waals surface area contributed by atoms with Crippen molar-refractivity contribution < 1.29 is 33.4 Å². The molecule has 2 aliphatic heterocycles. The molecule has 4 aromatic rings. The van der Waals surface area contributed by atoms with Crippen LogP contribution in [0.5, 0.6) is 0 Å². The number of hydrogen-bond acceptors (Lipinski definition) is 12. The van der Waals surface area contributed by atoms with E-state index in [9.17, 15) is 19.2 Å². The summed E-state index contributed by atoms with van der Waals surface area (Å²) in [5, 5.41) is 6.21. The zero-order chi connectivity index (χ0) is 50.4. The molecular weight excluding hydrogens is 859 g/mol. The highest BCUT2D eigenvalue weighted by Gasteiger charge is 2.29. The van der Waals surface area contributed by atoms with E-state index in [1.54, 1.807) is 13.3 Å². The van der Waals surface area contributed by atoms with E-state index in [0.29, 0.717) is 31.5 Å². The lowest BCUT2D eigenvalue weighted by Gasteiger charge is -2.28. The number of likely N-dealkylation sites (N-methyl/N-ethyl adjacent to an activating group) is 1. The number of carbonyl (C=O) groups is 5. The van der Waals surface area contributed by atoms with Gasteiger partial charge in [0, 0.05) is 74.3 Å². The van der Waals surface area contributed by atoms with Crippen molar-refractivity contribution >= 4 is 42.1 Å². The smallest absolute Gasteiger partial charge is 0.293 e. The Labute approximate surface area is 405 Å². The fourth-order valence-corrected chi connectivity index (χ4v) is 8.83. The van der Waals surface area contributed by atoms with Gasteiger partial charge in [0.15, 0.2) is 0 Å². The quantitative estimate of drug-likeness (QED) is 0.0713. The summed E-state index contributed by atoms with van der Waals surface area (Å²) in [5.41, 5.74) is 11.1. The molecule has 2 aliphatic rings. The molecule has 2 fully saturated rings. The number of amides is 1. The molecule has 1 amide bonds. The topological polar surface area (TPSA) is 155 Å². The lowest BCUT2D eigenvalue weighted by atomic mass is 9.84. The van der Waals surface area contributed by atoms with Crippen molar-refractivity contribution in [3.05, 3.63) is 90.3 Å². The number of aromatic nitrogens is 2. The summed E-state index contributed by atoms with van der Waals surface area (Å²) in [5.74, 6) is 0.269. The maximum atomic E-state index is 13.1.